The summed E-state index contributed by atoms with van der Waals surface area (Å²) in [6.07, 6.45) is 6.52. The second-order valence-corrected chi connectivity index (χ2v) is 28.4. The number of alkyl halides is 6. The Balaban J connectivity index is 1.07. The van der Waals surface area contributed by atoms with Gasteiger partial charge in [-0.25, -0.2) is 0 Å². The first-order chi connectivity index (χ1) is 42.4. The molecule has 0 radical (unpaired) electrons. The molecule has 90 heavy (non-hydrogen) atoms. The molecule has 2 nitrogen and oxygen atoms in total. The quantitative estimate of drug-likeness (QED) is 0.126. The zero-order chi connectivity index (χ0) is 64.0. The van der Waals surface area contributed by atoms with Gasteiger partial charge in [-0.2, -0.15) is 26.3 Å². The molecule has 8 heteroatoms. The molecule has 456 valence electrons. The molecule has 4 aliphatic rings. The number of hydrogen-bond acceptors (Lipinski definition) is 2. The normalized spacial score (nSPS) is 16.7. The van der Waals surface area contributed by atoms with Crippen LogP contribution < -0.4 is 9.80 Å². The van der Waals surface area contributed by atoms with Gasteiger partial charge in [-0.1, -0.05) is 259 Å². The summed E-state index contributed by atoms with van der Waals surface area (Å²) in [5.74, 6) is -0.523. The topological polar surface area (TPSA) is 6.48 Å². The van der Waals surface area contributed by atoms with E-state index in [1.807, 2.05) is 102 Å². The maximum atomic E-state index is 15.9. The van der Waals surface area contributed by atoms with Gasteiger partial charge in [0.1, 0.15) is 0 Å². The lowest BCUT2D eigenvalue weighted by molar-refractivity contribution is -0.137. The van der Waals surface area contributed by atoms with Crippen molar-refractivity contribution in [1.82, 2.24) is 0 Å². The van der Waals surface area contributed by atoms with Gasteiger partial charge in [-0.05, 0) is 160 Å². The summed E-state index contributed by atoms with van der Waals surface area (Å²) in [5.41, 5.74) is 14.8. The average molecular weight is 1200 g/mol. The predicted octanol–water partition coefficient (Wildman–Crippen LogP) is 23.7. The molecule has 2 unspecified atom stereocenters. The molecule has 0 N–H and O–H groups in total. The average Bonchev–Trinajstić information content (AvgIpc) is 0.738. The van der Waals surface area contributed by atoms with Crippen molar-refractivity contribution in [3.63, 3.8) is 0 Å². The van der Waals surface area contributed by atoms with Crippen molar-refractivity contribution in [3.8, 4) is 44.5 Å². The number of hydrogen-bond donors (Lipinski definition) is 0. The highest BCUT2D eigenvalue weighted by Gasteiger charge is 2.44. The lowest BCUT2D eigenvalue weighted by Gasteiger charge is -2.44. The summed E-state index contributed by atoms with van der Waals surface area (Å²) in [6.45, 7) is 26.0. The van der Waals surface area contributed by atoms with Gasteiger partial charge in [-0.3, -0.25) is 0 Å². The van der Waals surface area contributed by atoms with Crippen LogP contribution in [0.4, 0.5) is 49.1 Å². The third-order valence-corrected chi connectivity index (χ3v) is 18.1. The van der Waals surface area contributed by atoms with Crippen LogP contribution in [-0.4, -0.2) is 6.04 Å². The Morgan fingerprint density at radius 3 is 1.29 bits per heavy atom. The summed E-state index contributed by atoms with van der Waals surface area (Å²) in [7, 11) is 0. The Hall–Kier alpha value is -8.88. The second-order valence-electron chi connectivity index (χ2n) is 28.4. The van der Waals surface area contributed by atoms with Crippen molar-refractivity contribution in [2.45, 2.75) is 123 Å². The summed E-state index contributed by atoms with van der Waals surface area (Å²) in [4.78, 5) is 3.64. The van der Waals surface area contributed by atoms with Crippen molar-refractivity contribution >= 4 is 22.7 Å². The lowest BCUT2D eigenvalue weighted by Crippen LogP contribution is -2.38. The van der Waals surface area contributed by atoms with Crippen LogP contribution in [-0.2, 0) is 34.0 Å². The Morgan fingerprint density at radius 2 is 0.789 bits per heavy atom. The molecule has 2 atom stereocenters. The van der Waals surface area contributed by atoms with Crippen molar-refractivity contribution in [1.29, 1.82) is 0 Å². The monoisotopic (exact) mass is 1200 g/mol. The van der Waals surface area contributed by atoms with Crippen molar-refractivity contribution < 1.29 is 26.3 Å². The van der Waals surface area contributed by atoms with Crippen LogP contribution in [0.1, 0.15) is 116 Å². The molecule has 0 aliphatic heterocycles. The molecule has 4 aliphatic carbocycles. The van der Waals surface area contributed by atoms with E-state index in [9.17, 15) is 0 Å². The van der Waals surface area contributed by atoms with Crippen molar-refractivity contribution in [2.24, 2.45) is 5.92 Å². The first kappa shape index (κ1) is 61.4. The van der Waals surface area contributed by atoms with Gasteiger partial charge in [0.2, 0.25) is 0 Å². The fourth-order valence-corrected chi connectivity index (χ4v) is 13.1. The van der Waals surface area contributed by atoms with Crippen LogP contribution in [0, 0.1) is 5.92 Å². The number of rotatable bonds is 10. The molecule has 0 heterocycles. The summed E-state index contributed by atoms with van der Waals surface area (Å²) in [5, 5.41) is 0. The van der Waals surface area contributed by atoms with E-state index in [0.717, 1.165) is 107 Å². The lowest BCUT2D eigenvalue weighted by atomic mass is 9.67. The van der Waals surface area contributed by atoms with E-state index in [2.05, 4.69) is 168 Å². The molecular formula is C82H76F6N2. The minimum absolute atomic E-state index is 0.0204. The molecule has 0 spiro atoms. The van der Waals surface area contributed by atoms with Crippen molar-refractivity contribution in [2.75, 3.05) is 9.80 Å². The Bertz CT molecular complexity index is 4390. The van der Waals surface area contributed by atoms with Gasteiger partial charge >= 0.3 is 12.4 Å². The minimum atomic E-state index is -4.75. The number of nitrogens with zero attached hydrogens (tertiary/aromatic N) is 2. The van der Waals surface area contributed by atoms with E-state index in [0.29, 0.717) is 17.1 Å². The highest BCUT2D eigenvalue weighted by atomic mass is 19.4. The summed E-state index contributed by atoms with van der Waals surface area (Å²) < 4.78 is 95.4. The number of halogens is 6. The fraction of sp³-hybridized carbons (Fsp3) is 0.244. The van der Waals surface area contributed by atoms with Crippen LogP contribution in [0.3, 0.4) is 0 Å². The van der Waals surface area contributed by atoms with Gasteiger partial charge in [-0.15, -0.1) is 0 Å². The van der Waals surface area contributed by atoms with Crippen LogP contribution >= 0.6 is 0 Å². The largest absolute Gasteiger partial charge is 0.418 e. The minimum Gasteiger partial charge on any atom is -0.329 e. The van der Waals surface area contributed by atoms with E-state index in [4.69, 9.17) is 0 Å². The second kappa shape index (κ2) is 22.6. The van der Waals surface area contributed by atoms with Gasteiger partial charge in [0, 0.05) is 22.7 Å². The highest BCUT2D eigenvalue weighted by Crippen LogP contribution is 2.55. The maximum Gasteiger partial charge on any atom is 0.418 e. The number of para-hydroxylation sites is 2. The molecule has 0 saturated carbocycles. The van der Waals surface area contributed by atoms with E-state index in [1.165, 1.54) is 12.1 Å². The van der Waals surface area contributed by atoms with Gasteiger partial charge in [0.25, 0.3) is 0 Å². The first-order valence-corrected chi connectivity index (χ1v) is 31.0. The number of benzene rings is 8. The first-order valence-electron chi connectivity index (χ1n) is 31.0. The molecule has 0 amide bonds. The summed E-state index contributed by atoms with van der Waals surface area (Å²) >= 11 is 0. The van der Waals surface area contributed by atoms with Crippen LogP contribution in [0.2, 0.25) is 0 Å². The number of anilines is 4. The van der Waals surface area contributed by atoms with Crippen molar-refractivity contribution in [3.05, 3.63) is 298 Å². The highest BCUT2D eigenvalue weighted by molar-refractivity contribution is 5.92. The van der Waals surface area contributed by atoms with E-state index >= 15 is 26.3 Å². The SMILES string of the molecule is CC(C)(C)c1cccc(-c2ccc(N(C3=C4C=CC5=C6C(=CC=C(C=C3)C46)C(N(c3ccc(-c4cccc(C(C)(C)C)c4)cc3-c3cccc(C(C)(C)C)c3)c3ccccc3C(F)(F)F)C=C5)c3ccccc3C(F)(F)F)c(-c3cccc(C(C)(C)C)c3)c2)c1. The summed E-state index contributed by atoms with van der Waals surface area (Å²) in [6, 6.07) is 56.4. The smallest absolute Gasteiger partial charge is 0.329 e. The van der Waals surface area contributed by atoms with Crippen LogP contribution in [0.25, 0.3) is 44.5 Å². The molecular weight excluding hydrogens is 1130 g/mol. The van der Waals surface area contributed by atoms with E-state index in [-0.39, 0.29) is 33.0 Å². The maximum absolute atomic E-state index is 15.9. The van der Waals surface area contributed by atoms with E-state index in [1.54, 1.807) is 29.2 Å². The zero-order valence-electron chi connectivity index (χ0n) is 53.3. The predicted molar refractivity (Wildman–Crippen MR) is 362 cm³/mol. The van der Waals surface area contributed by atoms with E-state index < -0.39 is 35.4 Å². The van der Waals surface area contributed by atoms with Gasteiger partial charge < -0.3 is 9.80 Å². The van der Waals surface area contributed by atoms with Gasteiger partial charge in [0.05, 0.1) is 39.9 Å². The standard InChI is InChI=1S/C82H76F6N2/c1-77(2,3)59-25-17-21-53(45-59)55-37-43-71(65(49-55)57-23-19-27-61(47-57)79(7,8)9)89(73-31-15-13-29-67(73)81(83,84)85)69-41-35-51-34-40-64-70(42-36-52-33-39-63(69)75(51)76(52)64)90(74-32-16-14-30-68(74)82(86,87)88)72-44-38-56(54-22-18-26-60(46-54)78(4,5)6)50-66(72)58-24-20-28-62(48-58)80(10,11)12/h13-50,69,76H,1-12H3. The molecule has 0 saturated heterocycles. The van der Waals surface area contributed by atoms with Crippen LogP contribution in [0.5, 0.6) is 0 Å². The number of allylic oxidation sites excluding steroid dienone is 10. The fourth-order valence-electron chi connectivity index (χ4n) is 13.1. The molecule has 12 rings (SSSR count). The Morgan fingerprint density at radius 1 is 0.356 bits per heavy atom. The third-order valence-electron chi connectivity index (χ3n) is 18.1. The molecule has 0 aromatic heterocycles. The van der Waals surface area contributed by atoms with Gasteiger partial charge in [0.15, 0.2) is 0 Å². The molecule has 0 fully saturated rings. The third kappa shape index (κ3) is 11.7. The molecule has 0 bridgehead atoms. The molecule has 8 aromatic carbocycles. The molecule has 8 aromatic rings. The Labute approximate surface area is 527 Å². The zero-order valence-corrected chi connectivity index (χ0v) is 53.3. The van der Waals surface area contributed by atoms with Crippen LogP contribution in [0.15, 0.2) is 264 Å². The Kier molecular flexibility index (Phi) is 15.4.